The van der Waals surface area contributed by atoms with Gasteiger partial charge in [-0.05, 0) is 30.9 Å². The van der Waals surface area contributed by atoms with E-state index in [1.54, 1.807) is 7.11 Å². The third-order valence-corrected chi connectivity index (χ3v) is 4.17. The van der Waals surface area contributed by atoms with Crippen LogP contribution < -0.4 is 10.1 Å². The van der Waals surface area contributed by atoms with Gasteiger partial charge >= 0.3 is 5.97 Å². The molecule has 1 amide bonds. The fraction of sp³-hybridized carbons (Fsp3) is 0.500. The van der Waals surface area contributed by atoms with Crippen LogP contribution in [0.3, 0.4) is 0 Å². The van der Waals surface area contributed by atoms with Crippen molar-refractivity contribution in [3.05, 3.63) is 29.8 Å². The van der Waals surface area contributed by atoms with Crippen molar-refractivity contribution in [3.8, 4) is 5.75 Å². The number of methoxy groups -OCH3 is 1. The Morgan fingerprint density at radius 3 is 2.62 bits per heavy atom. The average molecular weight is 291 g/mol. The van der Waals surface area contributed by atoms with Crippen molar-refractivity contribution in [2.24, 2.45) is 5.41 Å². The van der Waals surface area contributed by atoms with Crippen molar-refractivity contribution in [2.75, 3.05) is 13.7 Å². The highest BCUT2D eigenvalue weighted by Gasteiger charge is 2.45. The molecule has 0 atom stereocenters. The summed E-state index contributed by atoms with van der Waals surface area (Å²) in [5, 5.41) is 12.0. The number of hydrogen-bond acceptors (Lipinski definition) is 3. The van der Waals surface area contributed by atoms with E-state index in [1.165, 1.54) is 0 Å². The lowest BCUT2D eigenvalue weighted by Crippen LogP contribution is -2.42. The minimum Gasteiger partial charge on any atom is -0.496 e. The van der Waals surface area contributed by atoms with Crippen LogP contribution in [0.4, 0.5) is 0 Å². The maximum Gasteiger partial charge on any atom is 0.310 e. The largest absolute Gasteiger partial charge is 0.496 e. The van der Waals surface area contributed by atoms with Crippen molar-refractivity contribution < 1.29 is 19.4 Å². The van der Waals surface area contributed by atoms with Crippen molar-refractivity contribution in [2.45, 2.75) is 32.1 Å². The summed E-state index contributed by atoms with van der Waals surface area (Å²) in [5.41, 5.74) is 0.200. The van der Waals surface area contributed by atoms with Gasteiger partial charge in [0.25, 0.3) is 0 Å². The Morgan fingerprint density at radius 2 is 2.05 bits per heavy atom. The van der Waals surface area contributed by atoms with Crippen LogP contribution in [0.15, 0.2) is 24.3 Å². The Bertz CT molecular complexity index is 523. The number of para-hydroxylation sites is 1. The third kappa shape index (κ3) is 3.54. The molecule has 0 aromatic heterocycles. The predicted octanol–water partition coefficient (Wildman–Crippen LogP) is 2.00. The summed E-state index contributed by atoms with van der Waals surface area (Å²) in [6.07, 6.45) is 2.83. The molecule has 114 valence electrons. The van der Waals surface area contributed by atoms with E-state index >= 15 is 0 Å². The van der Waals surface area contributed by atoms with Gasteiger partial charge in [0.15, 0.2) is 0 Å². The summed E-state index contributed by atoms with van der Waals surface area (Å²) in [5.74, 6) is -0.242. The first kappa shape index (κ1) is 15.4. The maximum absolute atomic E-state index is 11.9. The van der Waals surface area contributed by atoms with Gasteiger partial charge in [-0.15, -0.1) is 0 Å². The Morgan fingerprint density at radius 1 is 1.33 bits per heavy atom. The van der Waals surface area contributed by atoms with E-state index in [9.17, 15) is 14.7 Å². The van der Waals surface area contributed by atoms with Crippen LogP contribution in [0, 0.1) is 5.41 Å². The number of aliphatic carboxylic acids is 1. The van der Waals surface area contributed by atoms with Gasteiger partial charge in [0, 0.05) is 13.0 Å². The van der Waals surface area contributed by atoms with Crippen LogP contribution >= 0.6 is 0 Å². The minimum absolute atomic E-state index is 0.0776. The van der Waals surface area contributed by atoms with Crippen molar-refractivity contribution in [3.63, 3.8) is 0 Å². The van der Waals surface area contributed by atoms with Gasteiger partial charge in [-0.25, -0.2) is 0 Å². The lowest BCUT2D eigenvalue weighted by molar-refractivity contribution is -0.157. The molecule has 0 spiro atoms. The van der Waals surface area contributed by atoms with E-state index in [4.69, 9.17) is 4.74 Å². The summed E-state index contributed by atoms with van der Waals surface area (Å²) in [7, 11) is 1.62. The average Bonchev–Trinajstić information content (AvgIpc) is 2.43. The lowest BCUT2D eigenvalue weighted by atomic mass is 9.66. The van der Waals surface area contributed by atoms with Gasteiger partial charge < -0.3 is 15.2 Å². The van der Waals surface area contributed by atoms with E-state index < -0.39 is 11.4 Å². The highest BCUT2D eigenvalue weighted by molar-refractivity contribution is 5.85. The zero-order valence-electron chi connectivity index (χ0n) is 12.2. The molecule has 2 N–H and O–H groups in total. The van der Waals surface area contributed by atoms with Crippen molar-refractivity contribution in [1.82, 2.24) is 5.32 Å². The predicted molar refractivity (Wildman–Crippen MR) is 78.2 cm³/mol. The molecule has 0 heterocycles. The van der Waals surface area contributed by atoms with Crippen LogP contribution in [0.25, 0.3) is 0 Å². The molecule has 0 bridgehead atoms. The molecule has 1 aromatic rings. The fourth-order valence-electron chi connectivity index (χ4n) is 2.69. The molecule has 0 saturated heterocycles. The van der Waals surface area contributed by atoms with Crippen LogP contribution in [0.2, 0.25) is 0 Å². The number of ether oxygens (including phenoxy) is 1. The topological polar surface area (TPSA) is 75.6 Å². The number of benzene rings is 1. The van der Waals surface area contributed by atoms with Crippen LogP contribution in [0.1, 0.15) is 31.2 Å². The number of rotatable bonds is 7. The Balaban J connectivity index is 1.81. The van der Waals surface area contributed by atoms with E-state index in [1.807, 2.05) is 24.3 Å². The molecular weight excluding hydrogens is 270 g/mol. The number of carbonyl (C=O) groups excluding carboxylic acids is 1. The van der Waals surface area contributed by atoms with Gasteiger partial charge in [0.05, 0.1) is 12.5 Å². The number of hydrogen-bond donors (Lipinski definition) is 2. The minimum atomic E-state index is -0.853. The monoisotopic (exact) mass is 291 g/mol. The molecule has 1 aliphatic carbocycles. The second-order valence-corrected chi connectivity index (χ2v) is 5.53. The first-order valence-corrected chi connectivity index (χ1v) is 7.19. The molecule has 21 heavy (non-hydrogen) atoms. The Hall–Kier alpha value is -2.04. The summed E-state index contributed by atoms with van der Waals surface area (Å²) < 4.78 is 5.25. The summed E-state index contributed by atoms with van der Waals surface area (Å²) >= 11 is 0. The van der Waals surface area contributed by atoms with Crippen LogP contribution in [0.5, 0.6) is 5.75 Å². The normalized spacial score (nSPS) is 15.9. The highest BCUT2D eigenvalue weighted by atomic mass is 16.5. The van der Waals surface area contributed by atoms with Gasteiger partial charge in [-0.2, -0.15) is 0 Å². The zero-order chi connectivity index (χ0) is 15.3. The maximum atomic E-state index is 11.9. The highest BCUT2D eigenvalue weighted by Crippen LogP contribution is 2.44. The second kappa shape index (κ2) is 6.61. The molecule has 0 aliphatic heterocycles. The standard InChI is InChI=1S/C16H21NO4/c1-21-13-6-3-2-5-12(13)7-10-17-14(18)11-16(15(19)20)8-4-9-16/h2-3,5-6H,4,7-11H2,1H3,(H,17,18)(H,19,20). The van der Waals surface area contributed by atoms with Gasteiger partial charge in [-0.1, -0.05) is 24.6 Å². The quantitative estimate of drug-likeness (QED) is 0.805. The molecule has 1 aromatic carbocycles. The molecule has 0 unspecified atom stereocenters. The van der Waals surface area contributed by atoms with E-state index in [2.05, 4.69) is 5.32 Å². The van der Waals surface area contributed by atoms with Crippen molar-refractivity contribution >= 4 is 11.9 Å². The first-order chi connectivity index (χ1) is 10.1. The number of carboxylic acid groups (broad SMARTS) is 1. The fourth-order valence-corrected chi connectivity index (χ4v) is 2.69. The summed E-state index contributed by atoms with van der Waals surface area (Å²) in [6, 6.07) is 7.65. The number of carboxylic acids is 1. The van der Waals surface area contributed by atoms with Gasteiger partial charge in [0.2, 0.25) is 5.91 Å². The summed E-state index contributed by atoms with van der Waals surface area (Å²) in [4.78, 5) is 23.1. The molecule has 0 radical (unpaired) electrons. The van der Waals surface area contributed by atoms with E-state index in [0.29, 0.717) is 25.8 Å². The van der Waals surface area contributed by atoms with Gasteiger partial charge in [0.1, 0.15) is 5.75 Å². The molecule has 1 aliphatic rings. The zero-order valence-corrected chi connectivity index (χ0v) is 12.2. The number of nitrogens with one attached hydrogen (secondary N) is 1. The molecular formula is C16H21NO4. The van der Waals surface area contributed by atoms with Gasteiger partial charge in [-0.3, -0.25) is 9.59 Å². The molecule has 1 saturated carbocycles. The lowest BCUT2D eigenvalue weighted by Gasteiger charge is -2.36. The molecule has 2 rings (SSSR count). The first-order valence-electron chi connectivity index (χ1n) is 7.19. The molecule has 5 heteroatoms. The second-order valence-electron chi connectivity index (χ2n) is 5.53. The smallest absolute Gasteiger partial charge is 0.310 e. The van der Waals surface area contributed by atoms with Crippen molar-refractivity contribution in [1.29, 1.82) is 0 Å². The Kier molecular flexibility index (Phi) is 4.83. The van der Waals surface area contributed by atoms with E-state index in [0.717, 1.165) is 17.7 Å². The van der Waals surface area contributed by atoms with E-state index in [-0.39, 0.29) is 12.3 Å². The summed E-state index contributed by atoms with van der Waals surface area (Å²) in [6.45, 7) is 0.481. The number of carbonyl (C=O) groups is 2. The molecule has 1 fully saturated rings. The van der Waals surface area contributed by atoms with Crippen LogP contribution in [-0.2, 0) is 16.0 Å². The van der Waals surface area contributed by atoms with Crippen LogP contribution in [-0.4, -0.2) is 30.6 Å². The SMILES string of the molecule is COc1ccccc1CCNC(=O)CC1(C(=O)O)CCC1. The molecule has 5 nitrogen and oxygen atoms in total. The Labute approximate surface area is 124 Å². The third-order valence-electron chi connectivity index (χ3n) is 4.17. The number of amides is 1.